The van der Waals surface area contributed by atoms with Gasteiger partial charge in [-0.3, -0.25) is 9.59 Å². The van der Waals surface area contributed by atoms with E-state index in [9.17, 15) is 22.8 Å². The van der Waals surface area contributed by atoms with E-state index in [4.69, 9.17) is 0 Å². The summed E-state index contributed by atoms with van der Waals surface area (Å²) in [6.07, 6.45) is -3.49. The average molecular weight is 250 g/mol. The minimum Gasteiger partial charge on any atom is -0.393 e. The number of halogens is 3. The minimum atomic E-state index is -4.24. The highest BCUT2D eigenvalue weighted by Gasteiger charge is 2.51. The first-order valence-electron chi connectivity index (χ1n) is 5.61. The third-order valence-electron chi connectivity index (χ3n) is 3.67. The minimum absolute atomic E-state index is 0.0642. The zero-order valence-corrected chi connectivity index (χ0v) is 9.18. The van der Waals surface area contributed by atoms with Crippen LogP contribution < -0.4 is 0 Å². The van der Waals surface area contributed by atoms with E-state index in [-0.39, 0.29) is 25.7 Å². The van der Waals surface area contributed by atoms with Crippen molar-refractivity contribution >= 4 is 11.9 Å². The Kier molecular flexibility index (Phi) is 2.91. The summed E-state index contributed by atoms with van der Waals surface area (Å²) in [6.45, 7) is 0. The van der Waals surface area contributed by atoms with Crippen molar-refractivity contribution in [2.75, 3.05) is 0 Å². The zero-order valence-electron chi connectivity index (χ0n) is 9.18. The number of alkyl halides is 3. The van der Waals surface area contributed by atoms with Crippen LogP contribution >= 0.6 is 0 Å². The van der Waals surface area contributed by atoms with Crippen LogP contribution in [0.2, 0.25) is 0 Å². The largest absolute Gasteiger partial charge is 0.393 e. The van der Waals surface area contributed by atoms with Crippen molar-refractivity contribution in [3.05, 3.63) is 0 Å². The van der Waals surface area contributed by atoms with Gasteiger partial charge < -0.3 is 4.74 Å². The van der Waals surface area contributed by atoms with Gasteiger partial charge in [-0.2, -0.15) is 13.2 Å². The maximum Gasteiger partial charge on any atom is 0.391 e. The van der Waals surface area contributed by atoms with E-state index in [1.165, 1.54) is 0 Å². The Morgan fingerprint density at radius 1 is 1.18 bits per heavy atom. The van der Waals surface area contributed by atoms with E-state index in [2.05, 4.69) is 4.74 Å². The van der Waals surface area contributed by atoms with Crippen molar-refractivity contribution in [1.29, 1.82) is 0 Å². The first-order chi connectivity index (χ1) is 7.81. The van der Waals surface area contributed by atoms with Crippen LogP contribution in [0.15, 0.2) is 0 Å². The summed E-state index contributed by atoms with van der Waals surface area (Å²) >= 11 is 0. The zero-order chi connectivity index (χ0) is 12.7. The van der Waals surface area contributed by atoms with E-state index in [1.54, 1.807) is 0 Å². The molecule has 0 N–H and O–H groups in total. The lowest BCUT2D eigenvalue weighted by atomic mass is 9.65. The first kappa shape index (κ1) is 12.4. The third-order valence-corrected chi connectivity index (χ3v) is 3.67. The molecular formula is C11H13F3O3. The van der Waals surface area contributed by atoms with E-state index in [0.29, 0.717) is 12.8 Å². The summed E-state index contributed by atoms with van der Waals surface area (Å²) in [5.41, 5.74) is -0.815. The normalized spacial score (nSPS) is 29.2. The van der Waals surface area contributed by atoms with Crippen molar-refractivity contribution in [2.24, 2.45) is 11.3 Å². The Balaban J connectivity index is 2.15. The molecule has 96 valence electrons. The summed E-state index contributed by atoms with van der Waals surface area (Å²) in [6, 6.07) is 0. The number of carbonyl (C=O) groups excluding carboxylic acids is 2. The molecule has 1 heterocycles. The van der Waals surface area contributed by atoms with E-state index in [0.717, 1.165) is 0 Å². The molecule has 0 aromatic rings. The Hall–Kier alpha value is -1.07. The van der Waals surface area contributed by atoms with Gasteiger partial charge >= 0.3 is 18.1 Å². The molecule has 1 unspecified atom stereocenters. The standard InChI is InChI=1S/C11H13F3O3/c12-11(13,14)7-2-1-3-10(4-7)5-8(15)17-9(16)6-10/h7H,1-6H2. The molecule has 6 heteroatoms. The number of carbonyl (C=O) groups is 2. The quantitative estimate of drug-likeness (QED) is 0.490. The van der Waals surface area contributed by atoms with Crippen LogP contribution in [-0.2, 0) is 14.3 Å². The second kappa shape index (κ2) is 3.99. The highest BCUT2D eigenvalue weighted by molar-refractivity contribution is 5.89. The fraction of sp³-hybridized carbons (Fsp3) is 0.818. The predicted molar refractivity (Wildman–Crippen MR) is 50.8 cm³/mol. The molecule has 2 aliphatic rings. The van der Waals surface area contributed by atoms with Crippen LogP contribution in [0, 0.1) is 11.3 Å². The van der Waals surface area contributed by atoms with Crippen molar-refractivity contribution in [1.82, 2.24) is 0 Å². The number of rotatable bonds is 0. The van der Waals surface area contributed by atoms with Gasteiger partial charge in [0.25, 0.3) is 0 Å². The summed E-state index contributed by atoms with van der Waals surface area (Å²) in [5.74, 6) is -2.77. The molecule has 0 aromatic heterocycles. The van der Waals surface area contributed by atoms with Gasteiger partial charge in [0.15, 0.2) is 0 Å². The van der Waals surface area contributed by atoms with E-state index < -0.39 is 29.4 Å². The molecular weight excluding hydrogens is 237 g/mol. The second-order valence-corrected chi connectivity index (χ2v) is 5.03. The van der Waals surface area contributed by atoms with E-state index >= 15 is 0 Å². The molecule has 1 atom stereocenters. The van der Waals surface area contributed by atoms with Crippen LogP contribution in [0.4, 0.5) is 13.2 Å². The van der Waals surface area contributed by atoms with Crippen LogP contribution in [0.25, 0.3) is 0 Å². The Morgan fingerprint density at radius 3 is 2.29 bits per heavy atom. The van der Waals surface area contributed by atoms with Crippen molar-refractivity contribution in [3.8, 4) is 0 Å². The highest BCUT2D eigenvalue weighted by atomic mass is 19.4. The maximum atomic E-state index is 12.7. The van der Waals surface area contributed by atoms with Crippen LogP contribution in [0.5, 0.6) is 0 Å². The number of hydrogen-bond acceptors (Lipinski definition) is 3. The van der Waals surface area contributed by atoms with Crippen LogP contribution in [0.1, 0.15) is 38.5 Å². The first-order valence-corrected chi connectivity index (χ1v) is 5.61. The summed E-state index contributed by atoms with van der Waals surface area (Å²) in [5, 5.41) is 0. The molecule has 0 amide bonds. The molecule has 0 radical (unpaired) electrons. The van der Waals surface area contributed by atoms with Gasteiger partial charge in [-0.1, -0.05) is 6.42 Å². The van der Waals surface area contributed by atoms with Gasteiger partial charge in [-0.05, 0) is 24.7 Å². The lowest BCUT2D eigenvalue weighted by Gasteiger charge is -2.42. The van der Waals surface area contributed by atoms with Gasteiger partial charge in [0.1, 0.15) is 0 Å². The van der Waals surface area contributed by atoms with Crippen molar-refractivity contribution < 1.29 is 27.5 Å². The molecule has 1 aliphatic carbocycles. The van der Waals surface area contributed by atoms with Crippen LogP contribution in [0.3, 0.4) is 0 Å². The van der Waals surface area contributed by atoms with E-state index in [1.807, 2.05) is 0 Å². The number of ether oxygens (including phenoxy) is 1. The molecule has 2 fully saturated rings. The monoisotopic (exact) mass is 250 g/mol. The van der Waals surface area contributed by atoms with Crippen molar-refractivity contribution in [2.45, 2.75) is 44.7 Å². The second-order valence-electron chi connectivity index (χ2n) is 5.03. The summed E-state index contributed by atoms with van der Waals surface area (Å²) < 4.78 is 42.4. The lowest BCUT2D eigenvalue weighted by molar-refractivity contribution is -0.200. The lowest BCUT2D eigenvalue weighted by Crippen LogP contribution is -2.42. The summed E-state index contributed by atoms with van der Waals surface area (Å²) in [4.78, 5) is 22.4. The molecule has 1 saturated carbocycles. The smallest absolute Gasteiger partial charge is 0.391 e. The average Bonchev–Trinajstić information content (AvgIpc) is 2.13. The number of esters is 2. The predicted octanol–water partition coefficient (Wildman–Crippen LogP) is 2.59. The SMILES string of the molecule is O=C1CC2(CCCC(C(F)(F)F)C2)CC(=O)O1. The molecule has 0 bridgehead atoms. The summed E-state index contributed by atoms with van der Waals surface area (Å²) in [7, 11) is 0. The van der Waals surface area contributed by atoms with Gasteiger partial charge in [0.05, 0.1) is 18.8 Å². The Labute approximate surface area is 96.3 Å². The Morgan fingerprint density at radius 2 is 1.76 bits per heavy atom. The van der Waals surface area contributed by atoms with Gasteiger partial charge in [0.2, 0.25) is 0 Å². The van der Waals surface area contributed by atoms with Crippen molar-refractivity contribution in [3.63, 3.8) is 0 Å². The number of cyclic esters (lactones) is 2. The molecule has 1 saturated heterocycles. The molecule has 2 rings (SSSR count). The fourth-order valence-electron chi connectivity index (χ4n) is 2.92. The Bertz CT molecular complexity index is 332. The van der Waals surface area contributed by atoms with Gasteiger partial charge in [-0.25, -0.2) is 0 Å². The molecule has 1 aliphatic heterocycles. The van der Waals surface area contributed by atoms with Gasteiger partial charge in [-0.15, -0.1) is 0 Å². The molecule has 0 aromatic carbocycles. The molecule has 17 heavy (non-hydrogen) atoms. The maximum absolute atomic E-state index is 12.7. The van der Waals surface area contributed by atoms with Gasteiger partial charge in [0, 0.05) is 0 Å². The highest BCUT2D eigenvalue weighted by Crippen LogP contribution is 2.50. The molecule has 3 nitrogen and oxygen atoms in total. The third kappa shape index (κ3) is 2.61. The fourth-order valence-corrected chi connectivity index (χ4v) is 2.92. The molecule has 1 spiro atoms. The number of hydrogen-bond donors (Lipinski definition) is 0. The van der Waals surface area contributed by atoms with Crippen LogP contribution in [-0.4, -0.2) is 18.1 Å². The topological polar surface area (TPSA) is 43.4 Å².